The van der Waals surface area contributed by atoms with Crippen molar-refractivity contribution in [2.75, 3.05) is 0 Å². The molecule has 0 aliphatic carbocycles. The molecule has 7 heteroatoms. The molecule has 0 radical (unpaired) electrons. The summed E-state index contributed by atoms with van der Waals surface area (Å²) in [6, 6.07) is 14.4. The first-order valence-corrected chi connectivity index (χ1v) is 13.1. The van der Waals surface area contributed by atoms with E-state index in [2.05, 4.69) is 45.6 Å². The summed E-state index contributed by atoms with van der Waals surface area (Å²) in [6.07, 6.45) is 10.6. The Bertz CT molecular complexity index is 1740. The van der Waals surface area contributed by atoms with Gasteiger partial charge in [-0.25, -0.2) is 9.37 Å². The Morgan fingerprint density at radius 1 is 1.10 bits per heavy atom. The molecule has 39 heavy (non-hydrogen) atoms. The lowest BCUT2D eigenvalue weighted by Crippen LogP contribution is -2.10. The number of fused-ring (bicyclic) bond motifs is 2. The zero-order chi connectivity index (χ0) is 27.4. The van der Waals surface area contributed by atoms with Gasteiger partial charge >= 0.3 is 0 Å². The Morgan fingerprint density at radius 3 is 2.72 bits per heavy atom. The SMILES string of the molecule is C=C/C(=C\C(=C/C)c1ccc2[nH]nc(-c3cc4c(-c5ccccc5F)nccc4[nH]3)c2n1)NC(=C)CCCC. The van der Waals surface area contributed by atoms with Crippen molar-refractivity contribution in [1.29, 1.82) is 0 Å². The van der Waals surface area contributed by atoms with Crippen LogP contribution in [-0.2, 0) is 0 Å². The lowest BCUT2D eigenvalue weighted by Gasteiger charge is -2.11. The number of hydrogen-bond donors (Lipinski definition) is 3. The minimum Gasteiger partial charge on any atom is -0.359 e. The molecule has 0 amide bonds. The van der Waals surface area contributed by atoms with Gasteiger partial charge in [-0.2, -0.15) is 5.10 Å². The largest absolute Gasteiger partial charge is 0.359 e. The topological polar surface area (TPSA) is 82.3 Å². The summed E-state index contributed by atoms with van der Waals surface area (Å²) < 4.78 is 14.6. The molecule has 0 unspecified atom stereocenters. The van der Waals surface area contributed by atoms with Crippen molar-refractivity contribution in [2.45, 2.75) is 33.1 Å². The van der Waals surface area contributed by atoms with Crippen LogP contribution in [0.1, 0.15) is 38.8 Å². The average Bonchev–Trinajstić information content (AvgIpc) is 3.58. The van der Waals surface area contributed by atoms with Crippen LogP contribution in [0.5, 0.6) is 0 Å². The number of allylic oxidation sites excluding steroid dienone is 5. The van der Waals surface area contributed by atoms with Gasteiger partial charge in [0.25, 0.3) is 0 Å². The van der Waals surface area contributed by atoms with Crippen LogP contribution >= 0.6 is 0 Å². The molecule has 0 atom stereocenters. The molecular weight excluding hydrogens is 487 g/mol. The third-order valence-electron chi connectivity index (χ3n) is 6.63. The first kappa shape index (κ1) is 25.9. The summed E-state index contributed by atoms with van der Waals surface area (Å²) in [5.41, 5.74) is 8.43. The Hall–Kier alpha value is -4.78. The van der Waals surface area contributed by atoms with Crippen LogP contribution in [0.3, 0.4) is 0 Å². The van der Waals surface area contributed by atoms with Crippen molar-refractivity contribution in [2.24, 2.45) is 0 Å². The highest BCUT2D eigenvalue weighted by Gasteiger charge is 2.17. The van der Waals surface area contributed by atoms with Gasteiger partial charge in [0.15, 0.2) is 0 Å². The number of benzene rings is 1. The standard InChI is InChI=1S/C32H31FN6/c1-5-8-11-20(4)35-22(7-3)18-21(6-2)26-14-15-28-31(37-26)32(39-38-28)29-19-24-27(36-29)16-17-34-30(24)23-12-9-10-13-25(23)33/h6-7,9-10,12-19,35-36H,3-5,8,11H2,1-2H3,(H,38,39)/b21-6+,22-18+. The number of aromatic nitrogens is 5. The quantitative estimate of drug-likeness (QED) is 0.163. The third kappa shape index (κ3) is 5.29. The third-order valence-corrected chi connectivity index (χ3v) is 6.63. The maximum atomic E-state index is 14.6. The van der Waals surface area contributed by atoms with Gasteiger partial charge in [-0.05, 0) is 73.9 Å². The zero-order valence-electron chi connectivity index (χ0n) is 22.2. The Balaban J connectivity index is 1.53. The molecule has 196 valence electrons. The predicted octanol–water partition coefficient (Wildman–Crippen LogP) is 8.07. The molecule has 5 rings (SSSR count). The molecule has 0 aliphatic heterocycles. The lowest BCUT2D eigenvalue weighted by molar-refractivity contribution is 0.631. The van der Waals surface area contributed by atoms with E-state index in [9.17, 15) is 4.39 Å². The molecule has 0 bridgehead atoms. The van der Waals surface area contributed by atoms with Crippen molar-refractivity contribution in [1.82, 2.24) is 30.5 Å². The normalized spacial score (nSPS) is 12.3. The van der Waals surface area contributed by atoms with E-state index >= 15 is 0 Å². The van der Waals surface area contributed by atoms with Crippen LogP contribution in [0.25, 0.3) is 50.2 Å². The highest BCUT2D eigenvalue weighted by Crippen LogP contribution is 2.33. The number of unbranched alkanes of at least 4 members (excludes halogenated alkanes) is 1. The van der Waals surface area contributed by atoms with Crippen LogP contribution in [0.15, 0.2) is 97.5 Å². The highest BCUT2D eigenvalue weighted by atomic mass is 19.1. The Morgan fingerprint density at radius 2 is 1.95 bits per heavy atom. The van der Waals surface area contributed by atoms with Crippen LogP contribution < -0.4 is 5.32 Å². The predicted molar refractivity (Wildman–Crippen MR) is 158 cm³/mol. The van der Waals surface area contributed by atoms with Crippen molar-refractivity contribution in [3.63, 3.8) is 0 Å². The fourth-order valence-corrected chi connectivity index (χ4v) is 4.57. The smallest absolute Gasteiger partial charge is 0.135 e. The van der Waals surface area contributed by atoms with E-state index in [1.54, 1.807) is 30.5 Å². The molecule has 1 aromatic carbocycles. The number of aromatic amines is 2. The average molecular weight is 519 g/mol. The molecule has 0 aliphatic rings. The Labute approximate surface area is 227 Å². The second kappa shape index (κ2) is 11.3. The second-order valence-corrected chi connectivity index (χ2v) is 9.33. The van der Waals surface area contributed by atoms with Crippen LogP contribution in [-0.4, -0.2) is 25.1 Å². The van der Waals surface area contributed by atoms with Gasteiger partial charge in [-0.15, -0.1) is 0 Å². The van der Waals surface area contributed by atoms with E-state index in [0.29, 0.717) is 17.0 Å². The molecule has 0 saturated heterocycles. The van der Waals surface area contributed by atoms with Crippen LogP contribution in [0.4, 0.5) is 4.39 Å². The second-order valence-electron chi connectivity index (χ2n) is 9.33. The van der Waals surface area contributed by atoms with E-state index in [-0.39, 0.29) is 5.82 Å². The molecule has 6 nitrogen and oxygen atoms in total. The van der Waals surface area contributed by atoms with E-state index in [4.69, 9.17) is 4.98 Å². The summed E-state index contributed by atoms with van der Waals surface area (Å²) in [4.78, 5) is 12.9. The number of H-pyrrole nitrogens is 2. The number of halogens is 1. The van der Waals surface area contributed by atoms with Crippen molar-refractivity contribution >= 4 is 27.5 Å². The van der Waals surface area contributed by atoms with E-state index in [1.165, 1.54) is 6.07 Å². The highest BCUT2D eigenvalue weighted by molar-refractivity contribution is 5.99. The van der Waals surface area contributed by atoms with Crippen molar-refractivity contribution in [3.05, 3.63) is 109 Å². The van der Waals surface area contributed by atoms with Crippen LogP contribution in [0, 0.1) is 5.82 Å². The van der Waals surface area contributed by atoms with Gasteiger partial charge in [0.2, 0.25) is 0 Å². The zero-order valence-corrected chi connectivity index (χ0v) is 22.2. The monoisotopic (exact) mass is 518 g/mol. The summed E-state index contributed by atoms with van der Waals surface area (Å²) in [5, 5.41) is 11.8. The van der Waals surface area contributed by atoms with Crippen LogP contribution in [0.2, 0.25) is 0 Å². The van der Waals surface area contributed by atoms with E-state index in [0.717, 1.165) is 69.6 Å². The van der Waals surface area contributed by atoms with E-state index in [1.807, 2.05) is 43.3 Å². The van der Waals surface area contributed by atoms with Gasteiger partial charge < -0.3 is 10.3 Å². The first-order chi connectivity index (χ1) is 19.0. The molecule has 4 aromatic heterocycles. The van der Waals surface area contributed by atoms with E-state index < -0.39 is 0 Å². The van der Waals surface area contributed by atoms with Gasteiger partial charge in [0.05, 0.1) is 22.6 Å². The first-order valence-electron chi connectivity index (χ1n) is 13.1. The van der Waals surface area contributed by atoms with Gasteiger partial charge in [0, 0.05) is 34.1 Å². The molecule has 4 heterocycles. The lowest BCUT2D eigenvalue weighted by atomic mass is 10.1. The number of rotatable bonds is 10. The molecular formula is C32H31FN6. The summed E-state index contributed by atoms with van der Waals surface area (Å²) in [6.45, 7) is 12.2. The number of nitrogens with one attached hydrogen (secondary N) is 3. The minimum atomic E-state index is -0.314. The van der Waals surface area contributed by atoms with Gasteiger partial charge in [0.1, 0.15) is 17.0 Å². The van der Waals surface area contributed by atoms with Crippen molar-refractivity contribution in [3.8, 4) is 22.6 Å². The molecule has 0 saturated carbocycles. The maximum absolute atomic E-state index is 14.6. The van der Waals surface area contributed by atoms with Gasteiger partial charge in [-0.1, -0.05) is 44.7 Å². The minimum absolute atomic E-state index is 0.314. The molecule has 0 fully saturated rings. The fourth-order valence-electron chi connectivity index (χ4n) is 4.57. The summed E-state index contributed by atoms with van der Waals surface area (Å²) in [7, 11) is 0. The number of nitrogens with zero attached hydrogens (tertiary/aromatic N) is 3. The Kier molecular flexibility index (Phi) is 7.50. The fraction of sp³-hybridized carbons (Fsp3) is 0.156. The van der Waals surface area contributed by atoms with Gasteiger partial charge in [-0.3, -0.25) is 10.1 Å². The number of pyridine rings is 2. The molecule has 3 N–H and O–H groups in total. The number of hydrogen-bond acceptors (Lipinski definition) is 4. The molecule has 0 spiro atoms. The maximum Gasteiger partial charge on any atom is 0.135 e. The summed E-state index contributed by atoms with van der Waals surface area (Å²) >= 11 is 0. The summed E-state index contributed by atoms with van der Waals surface area (Å²) in [5.74, 6) is -0.314. The molecule has 5 aromatic rings. The van der Waals surface area contributed by atoms with Crippen molar-refractivity contribution < 1.29 is 4.39 Å².